The number of hydrogen-bond donors (Lipinski definition) is 3. The number of aromatic nitrogens is 2. The molecule has 6 rings (SSSR count). The molecule has 3 aliphatic rings. The van der Waals surface area contributed by atoms with Crippen molar-refractivity contribution in [3.05, 3.63) is 82.9 Å². The van der Waals surface area contributed by atoms with E-state index in [1.807, 2.05) is 56.3 Å². The van der Waals surface area contributed by atoms with Crippen molar-refractivity contribution in [1.29, 1.82) is 0 Å². The van der Waals surface area contributed by atoms with E-state index in [1.54, 1.807) is 4.90 Å². The van der Waals surface area contributed by atoms with Gasteiger partial charge in [0.2, 0.25) is 0 Å². The molecule has 13 heteroatoms. The summed E-state index contributed by atoms with van der Waals surface area (Å²) in [6.07, 6.45) is 1.58. The number of piperidine rings is 1. The number of nitrogens with two attached hydrogens (primary N) is 3. The molecule has 6 N–H and O–H groups in total. The number of halogens is 3. The second-order valence-corrected chi connectivity index (χ2v) is 10.8. The molecular weight excluding hydrogens is 559 g/mol. The minimum absolute atomic E-state index is 0.00371. The lowest BCUT2D eigenvalue weighted by Crippen LogP contribution is -2.41. The minimum atomic E-state index is -4.86. The summed E-state index contributed by atoms with van der Waals surface area (Å²) in [6.45, 7) is 5.39. The van der Waals surface area contributed by atoms with Crippen LogP contribution in [0.5, 0.6) is 5.75 Å². The molecule has 1 aromatic carbocycles. The molecule has 2 aromatic heterocycles. The number of pyridine rings is 2. The summed E-state index contributed by atoms with van der Waals surface area (Å²) in [6, 6.07) is 14.6. The molecular formula is C30H34F3N9O. The Hall–Kier alpha value is -4.49. The fraction of sp³-hybridized carbons (Fsp3) is 0.333. The first-order chi connectivity index (χ1) is 20.4. The SMILES string of the molecule is CC1(N)C=c2ccccc2=N1.Cc1ccc(N2CCC(N)CC2)c(N2CC(N)=NC=C2c2ncccc2OC(F)(F)F)n1. The molecule has 1 atom stereocenters. The van der Waals surface area contributed by atoms with Crippen LogP contribution >= 0.6 is 0 Å². The van der Waals surface area contributed by atoms with Crippen molar-refractivity contribution in [2.75, 3.05) is 29.4 Å². The van der Waals surface area contributed by atoms with E-state index < -0.39 is 17.8 Å². The zero-order valence-electron chi connectivity index (χ0n) is 23.9. The summed E-state index contributed by atoms with van der Waals surface area (Å²) in [7, 11) is 0. The maximum Gasteiger partial charge on any atom is 0.573 e. The van der Waals surface area contributed by atoms with Crippen LogP contribution in [0.2, 0.25) is 0 Å². The van der Waals surface area contributed by atoms with Gasteiger partial charge in [0, 0.05) is 31.0 Å². The summed E-state index contributed by atoms with van der Waals surface area (Å²) < 4.78 is 43.2. The van der Waals surface area contributed by atoms with Crippen LogP contribution in [0.25, 0.3) is 11.8 Å². The molecule has 43 heavy (non-hydrogen) atoms. The average Bonchev–Trinajstić information content (AvgIpc) is 3.27. The van der Waals surface area contributed by atoms with E-state index in [0.29, 0.717) is 17.4 Å². The molecule has 226 valence electrons. The topological polar surface area (TPSA) is 144 Å². The second kappa shape index (κ2) is 12.0. The highest BCUT2D eigenvalue weighted by atomic mass is 19.4. The summed E-state index contributed by atoms with van der Waals surface area (Å²) >= 11 is 0. The number of aliphatic imine (C=N–C) groups is 1. The first kappa shape index (κ1) is 30.0. The van der Waals surface area contributed by atoms with E-state index in [9.17, 15) is 13.2 Å². The Bertz CT molecular complexity index is 1620. The number of aryl methyl sites for hydroxylation is 1. The highest BCUT2D eigenvalue weighted by Gasteiger charge is 2.35. The fourth-order valence-corrected chi connectivity index (χ4v) is 5.11. The van der Waals surface area contributed by atoms with Crippen molar-refractivity contribution < 1.29 is 17.9 Å². The van der Waals surface area contributed by atoms with Gasteiger partial charge in [-0.2, -0.15) is 0 Å². The molecule has 0 amide bonds. The second-order valence-electron chi connectivity index (χ2n) is 10.8. The van der Waals surface area contributed by atoms with Gasteiger partial charge in [-0.25, -0.2) is 9.98 Å². The third kappa shape index (κ3) is 7.30. The third-order valence-corrected chi connectivity index (χ3v) is 7.08. The van der Waals surface area contributed by atoms with Gasteiger partial charge in [-0.3, -0.25) is 9.98 Å². The summed E-state index contributed by atoms with van der Waals surface area (Å²) in [5.41, 5.74) is 19.3. The third-order valence-electron chi connectivity index (χ3n) is 7.08. The fourth-order valence-electron chi connectivity index (χ4n) is 5.11. The molecule has 5 heterocycles. The van der Waals surface area contributed by atoms with E-state index in [-0.39, 0.29) is 18.3 Å². The van der Waals surface area contributed by atoms with Gasteiger partial charge in [-0.1, -0.05) is 18.2 Å². The summed E-state index contributed by atoms with van der Waals surface area (Å²) in [4.78, 5) is 21.2. The van der Waals surface area contributed by atoms with Gasteiger partial charge in [0.1, 0.15) is 17.2 Å². The first-order valence-electron chi connectivity index (χ1n) is 13.8. The minimum Gasteiger partial charge on any atom is -0.403 e. The van der Waals surface area contributed by atoms with Gasteiger partial charge < -0.3 is 31.7 Å². The van der Waals surface area contributed by atoms with Crippen molar-refractivity contribution >= 4 is 29.1 Å². The smallest absolute Gasteiger partial charge is 0.403 e. The number of anilines is 2. The Morgan fingerprint density at radius 2 is 1.79 bits per heavy atom. The Morgan fingerprint density at radius 1 is 1.05 bits per heavy atom. The lowest BCUT2D eigenvalue weighted by molar-refractivity contribution is -0.274. The van der Waals surface area contributed by atoms with E-state index in [2.05, 4.69) is 24.6 Å². The van der Waals surface area contributed by atoms with Crippen molar-refractivity contribution in [2.45, 2.75) is 44.8 Å². The van der Waals surface area contributed by atoms with Gasteiger partial charge in [0.15, 0.2) is 11.6 Å². The molecule has 0 radical (unpaired) electrons. The predicted molar refractivity (Wildman–Crippen MR) is 161 cm³/mol. The molecule has 3 aliphatic heterocycles. The van der Waals surface area contributed by atoms with Crippen LogP contribution in [0.1, 0.15) is 31.2 Å². The monoisotopic (exact) mass is 593 g/mol. The molecule has 0 aliphatic carbocycles. The van der Waals surface area contributed by atoms with Crippen LogP contribution in [-0.4, -0.2) is 53.5 Å². The Labute approximate surface area is 247 Å². The van der Waals surface area contributed by atoms with Crippen LogP contribution < -0.4 is 42.3 Å². The largest absolute Gasteiger partial charge is 0.573 e. The van der Waals surface area contributed by atoms with Crippen molar-refractivity contribution in [2.24, 2.45) is 27.2 Å². The van der Waals surface area contributed by atoms with Crippen molar-refractivity contribution in [1.82, 2.24) is 9.97 Å². The van der Waals surface area contributed by atoms with Crippen LogP contribution in [-0.2, 0) is 0 Å². The van der Waals surface area contributed by atoms with Crippen molar-refractivity contribution in [3.8, 4) is 5.75 Å². The maximum atomic E-state index is 13.0. The van der Waals surface area contributed by atoms with E-state index >= 15 is 0 Å². The maximum absolute atomic E-state index is 13.0. The van der Waals surface area contributed by atoms with E-state index in [0.717, 1.165) is 47.9 Å². The Kier molecular flexibility index (Phi) is 8.38. The van der Waals surface area contributed by atoms with Gasteiger partial charge in [-0.15, -0.1) is 13.2 Å². The van der Waals surface area contributed by atoms with Crippen LogP contribution in [0.4, 0.5) is 24.7 Å². The van der Waals surface area contributed by atoms with Crippen LogP contribution in [0.15, 0.2) is 70.9 Å². The lowest BCUT2D eigenvalue weighted by Gasteiger charge is -2.36. The normalized spacial score (nSPS) is 20.2. The van der Waals surface area contributed by atoms with Crippen LogP contribution in [0.3, 0.4) is 0 Å². The van der Waals surface area contributed by atoms with Gasteiger partial charge in [0.05, 0.1) is 29.5 Å². The number of hydrogen-bond acceptors (Lipinski definition) is 10. The number of nitrogens with zero attached hydrogens (tertiary/aromatic N) is 6. The zero-order valence-corrected chi connectivity index (χ0v) is 23.9. The molecule has 0 bridgehead atoms. The number of para-hydroxylation sites is 1. The first-order valence-corrected chi connectivity index (χ1v) is 13.8. The zero-order chi connectivity index (χ0) is 30.8. The Morgan fingerprint density at radius 3 is 2.51 bits per heavy atom. The molecule has 1 saturated heterocycles. The highest BCUT2D eigenvalue weighted by Crippen LogP contribution is 2.38. The van der Waals surface area contributed by atoms with E-state index in [1.165, 1.54) is 24.5 Å². The summed E-state index contributed by atoms with van der Waals surface area (Å²) in [5.74, 6) is 0.441. The Balaban J connectivity index is 0.000000279. The molecule has 1 unspecified atom stereocenters. The number of benzene rings is 1. The highest BCUT2D eigenvalue weighted by molar-refractivity contribution is 5.96. The van der Waals surface area contributed by atoms with Crippen LogP contribution in [0, 0.1) is 6.92 Å². The van der Waals surface area contributed by atoms with Gasteiger partial charge >= 0.3 is 6.36 Å². The molecule has 0 saturated carbocycles. The lowest BCUT2D eigenvalue weighted by atomic mass is 10.1. The standard InChI is InChI=1S/C21H24F3N7O.C9H10N2/c1-13-4-5-15(30-9-6-14(25)7-10-30)20(29-13)31-12-18(26)28-11-16(31)19-17(3-2-8-27-19)32-21(22,23)24;1-9(10)6-7-4-2-3-5-8(7)11-9/h2-5,8,11,14H,6-7,9-10,12,25H2,1H3,(H2,26,28);2-6H,10H2,1H3. The molecule has 1 fully saturated rings. The van der Waals surface area contributed by atoms with Gasteiger partial charge in [-0.05, 0) is 68.3 Å². The number of rotatable bonds is 4. The predicted octanol–water partition coefficient (Wildman–Crippen LogP) is 2.56. The number of alkyl halides is 3. The number of fused-ring (bicyclic) bond motifs is 1. The number of amidine groups is 1. The molecule has 3 aromatic rings. The van der Waals surface area contributed by atoms with Crippen molar-refractivity contribution in [3.63, 3.8) is 0 Å². The quantitative estimate of drug-likeness (QED) is 0.419. The van der Waals surface area contributed by atoms with E-state index in [4.69, 9.17) is 22.2 Å². The average molecular weight is 594 g/mol. The molecule has 0 spiro atoms. The molecule has 10 nitrogen and oxygen atoms in total. The van der Waals surface area contributed by atoms with Gasteiger partial charge in [0.25, 0.3) is 0 Å². The number of ether oxygens (including phenoxy) is 1. The summed E-state index contributed by atoms with van der Waals surface area (Å²) in [5, 5.41) is 2.13.